The van der Waals surface area contributed by atoms with Gasteiger partial charge in [0, 0.05) is 12.6 Å². The normalized spacial score (nSPS) is 23.1. The van der Waals surface area contributed by atoms with Crippen LogP contribution in [-0.4, -0.2) is 28.6 Å². The number of carboxylic acids is 1. The number of likely N-dealkylation sites (tertiary alicyclic amines) is 1. The summed E-state index contributed by atoms with van der Waals surface area (Å²) in [5.74, 6) is -0.705. The van der Waals surface area contributed by atoms with Gasteiger partial charge in [-0.05, 0) is 18.9 Å². The molecule has 0 radical (unpaired) electrons. The van der Waals surface area contributed by atoms with Crippen LogP contribution in [0.2, 0.25) is 0 Å². The molecule has 1 heterocycles. The molecule has 0 saturated carbocycles. The minimum Gasteiger partial charge on any atom is -0.480 e. The third-order valence-electron chi connectivity index (χ3n) is 3.13. The molecule has 1 aliphatic heterocycles. The Kier molecular flexibility index (Phi) is 2.73. The van der Waals surface area contributed by atoms with Crippen molar-refractivity contribution in [2.45, 2.75) is 25.4 Å². The summed E-state index contributed by atoms with van der Waals surface area (Å²) >= 11 is 0. The van der Waals surface area contributed by atoms with E-state index in [9.17, 15) is 4.79 Å². The van der Waals surface area contributed by atoms with Crippen molar-refractivity contribution in [2.24, 2.45) is 0 Å². The lowest BCUT2D eigenvalue weighted by Crippen LogP contribution is -2.53. The molecule has 1 aromatic rings. The molecule has 1 fully saturated rings. The van der Waals surface area contributed by atoms with Gasteiger partial charge in [-0.2, -0.15) is 0 Å². The first kappa shape index (κ1) is 10.2. The van der Waals surface area contributed by atoms with Crippen molar-refractivity contribution in [1.82, 2.24) is 4.90 Å². The number of nitrogens with zero attached hydrogens (tertiary/aromatic N) is 1. The molecule has 0 bridgehead atoms. The lowest BCUT2D eigenvalue weighted by Gasteiger charge is -2.42. The third kappa shape index (κ3) is 1.88. The summed E-state index contributed by atoms with van der Waals surface area (Å²) in [4.78, 5) is 12.9. The van der Waals surface area contributed by atoms with Gasteiger partial charge < -0.3 is 5.11 Å². The minimum atomic E-state index is -0.705. The van der Waals surface area contributed by atoms with Crippen molar-refractivity contribution < 1.29 is 9.90 Å². The van der Waals surface area contributed by atoms with E-state index >= 15 is 0 Å². The van der Waals surface area contributed by atoms with Gasteiger partial charge in [0.05, 0.1) is 0 Å². The van der Waals surface area contributed by atoms with Crippen molar-refractivity contribution in [2.75, 3.05) is 6.54 Å². The van der Waals surface area contributed by atoms with E-state index in [4.69, 9.17) is 5.11 Å². The van der Waals surface area contributed by atoms with Gasteiger partial charge in [-0.3, -0.25) is 9.69 Å². The van der Waals surface area contributed by atoms with Gasteiger partial charge >= 0.3 is 5.97 Å². The van der Waals surface area contributed by atoms with E-state index in [0.29, 0.717) is 0 Å². The summed E-state index contributed by atoms with van der Waals surface area (Å²) in [6, 6.07) is 9.94. The van der Waals surface area contributed by atoms with Crippen molar-refractivity contribution in [3.63, 3.8) is 0 Å². The van der Waals surface area contributed by atoms with Gasteiger partial charge in [-0.25, -0.2) is 0 Å². The Morgan fingerprint density at radius 1 is 1.47 bits per heavy atom. The molecule has 2 atom stereocenters. The second-order valence-electron chi connectivity index (χ2n) is 3.97. The van der Waals surface area contributed by atoms with Crippen LogP contribution in [0.25, 0.3) is 0 Å². The molecule has 2 rings (SSSR count). The maximum absolute atomic E-state index is 10.9. The topological polar surface area (TPSA) is 40.5 Å². The van der Waals surface area contributed by atoms with Gasteiger partial charge in [0.25, 0.3) is 0 Å². The smallest absolute Gasteiger partial charge is 0.320 e. The van der Waals surface area contributed by atoms with Gasteiger partial charge in [-0.15, -0.1) is 0 Å². The Balaban J connectivity index is 2.09. The number of hydrogen-bond acceptors (Lipinski definition) is 2. The van der Waals surface area contributed by atoms with Crippen LogP contribution in [0.3, 0.4) is 0 Å². The van der Waals surface area contributed by atoms with Crippen LogP contribution >= 0.6 is 0 Å². The Labute approximate surface area is 89.3 Å². The number of carboxylic acid groups (broad SMARTS) is 1. The summed E-state index contributed by atoms with van der Waals surface area (Å²) in [5, 5.41) is 8.96. The Morgan fingerprint density at radius 2 is 2.13 bits per heavy atom. The van der Waals surface area contributed by atoms with Crippen molar-refractivity contribution >= 4 is 5.97 Å². The second-order valence-corrected chi connectivity index (χ2v) is 3.97. The van der Waals surface area contributed by atoms with E-state index in [1.54, 1.807) is 0 Å². The summed E-state index contributed by atoms with van der Waals surface area (Å²) in [6.07, 6.45) is 0.770. The molecule has 1 N–H and O–H groups in total. The average molecular weight is 205 g/mol. The Hall–Kier alpha value is -1.35. The SMILES string of the molecule is CC(c1ccccc1)N1CC[C@H]1C(=O)O. The molecular weight excluding hydrogens is 190 g/mol. The van der Waals surface area contributed by atoms with Crippen LogP contribution in [0, 0.1) is 0 Å². The first-order valence-corrected chi connectivity index (χ1v) is 5.23. The summed E-state index contributed by atoms with van der Waals surface area (Å²) in [5.41, 5.74) is 1.18. The Morgan fingerprint density at radius 3 is 2.60 bits per heavy atom. The predicted molar refractivity (Wildman–Crippen MR) is 57.6 cm³/mol. The van der Waals surface area contributed by atoms with E-state index in [0.717, 1.165) is 13.0 Å². The monoisotopic (exact) mass is 205 g/mol. The number of rotatable bonds is 3. The molecule has 0 aliphatic carbocycles. The zero-order valence-electron chi connectivity index (χ0n) is 8.76. The molecular formula is C12H15NO2. The number of benzene rings is 1. The van der Waals surface area contributed by atoms with E-state index in [2.05, 4.69) is 6.92 Å². The molecule has 3 heteroatoms. The highest BCUT2D eigenvalue weighted by atomic mass is 16.4. The van der Waals surface area contributed by atoms with Gasteiger partial charge in [0.1, 0.15) is 6.04 Å². The molecule has 15 heavy (non-hydrogen) atoms. The fourth-order valence-electron chi connectivity index (χ4n) is 2.06. The molecule has 1 unspecified atom stereocenters. The molecule has 0 spiro atoms. The third-order valence-corrected chi connectivity index (χ3v) is 3.13. The van der Waals surface area contributed by atoms with E-state index in [1.165, 1.54) is 5.56 Å². The molecule has 80 valence electrons. The maximum Gasteiger partial charge on any atom is 0.320 e. The van der Waals surface area contributed by atoms with E-state index < -0.39 is 5.97 Å². The standard InChI is InChI=1S/C12H15NO2/c1-9(10-5-3-2-4-6-10)13-8-7-11(13)12(14)15/h2-6,9,11H,7-8H2,1H3,(H,14,15)/t9?,11-/m0/s1. The summed E-state index contributed by atoms with van der Waals surface area (Å²) in [7, 11) is 0. The molecule has 1 aliphatic rings. The minimum absolute atomic E-state index is 0.195. The predicted octanol–water partition coefficient (Wildman–Crippen LogP) is 1.91. The molecule has 0 amide bonds. The van der Waals surface area contributed by atoms with Crippen LogP contribution in [0.5, 0.6) is 0 Å². The highest BCUT2D eigenvalue weighted by Gasteiger charge is 2.37. The lowest BCUT2D eigenvalue weighted by atomic mass is 9.96. The first-order valence-electron chi connectivity index (χ1n) is 5.23. The number of carbonyl (C=O) groups is 1. The van der Waals surface area contributed by atoms with Gasteiger partial charge in [-0.1, -0.05) is 30.3 Å². The van der Waals surface area contributed by atoms with E-state index in [1.807, 2.05) is 35.2 Å². The highest BCUT2D eigenvalue weighted by Crippen LogP contribution is 2.29. The maximum atomic E-state index is 10.9. The van der Waals surface area contributed by atoms with Crippen molar-refractivity contribution in [3.8, 4) is 0 Å². The first-order chi connectivity index (χ1) is 7.20. The molecule has 1 saturated heterocycles. The Bertz CT molecular complexity index is 350. The van der Waals surface area contributed by atoms with Crippen LogP contribution in [0.15, 0.2) is 30.3 Å². The zero-order valence-corrected chi connectivity index (χ0v) is 8.76. The van der Waals surface area contributed by atoms with Crippen molar-refractivity contribution in [3.05, 3.63) is 35.9 Å². The molecule has 1 aromatic carbocycles. The highest BCUT2D eigenvalue weighted by molar-refractivity contribution is 5.74. The van der Waals surface area contributed by atoms with Crippen molar-refractivity contribution in [1.29, 1.82) is 0 Å². The number of aliphatic carboxylic acids is 1. The van der Waals surface area contributed by atoms with Crippen LogP contribution in [0.4, 0.5) is 0 Å². The second kappa shape index (κ2) is 4.03. The van der Waals surface area contributed by atoms with Gasteiger partial charge in [0.2, 0.25) is 0 Å². The fraction of sp³-hybridized carbons (Fsp3) is 0.417. The molecule has 0 aromatic heterocycles. The number of hydrogen-bond donors (Lipinski definition) is 1. The van der Waals surface area contributed by atoms with E-state index in [-0.39, 0.29) is 12.1 Å². The largest absolute Gasteiger partial charge is 0.480 e. The van der Waals surface area contributed by atoms with Crippen LogP contribution in [-0.2, 0) is 4.79 Å². The summed E-state index contributed by atoms with van der Waals surface area (Å²) < 4.78 is 0. The fourth-order valence-corrected chi connectivity index (χ4v) is 2.06. The molecule has 3 nitrogen and oxygen atoms in total. The quantitative estimate of drug-likeness (QED) is 0.819. The van der Waals surface area contributed by atoms with Crippen LogP contribution in [0.1, 0.15) is 24.9 Å². The van der Waals surface area contributed by atoms with Crippen LogP contribution < -0.4 is 0 Å². The summed E-state index contributed by atoms with van der Waals surface area (Å²) in [6.45, 7) is 2.94. The van der Waals surface area contributed by atoms with Gasteiger partial charge in [0.15, 0.2) is 0 Å². The zero-order chi connectivity index (χ0) is 10.8. The lowest BCUT2D eigenvalue weighted by molar-refractivity contribution is -0.150. The average Bonchev–Trinajstić information content (AvgIpc) is 2.16.